The van der Waals surface area contributed by atoms with Crippen molar-refractivity contribution in [2.45, 2.75) is 6.42 Å². The molecule has 1 aliphatic carbocycles. The number of carbonyl (C=O) groups excluding carboxylic acids is 2. The van der Waals surface area contributed by atoms with Gasteiger partial charge in [-0.25, -0.2) is 0 Å². The summed E-state index contributed by atoms with van der Waals surface area (Å²) in [5.74, 6) is -0.691. The predicted molar refractivity (Wildman–Crippen MR) is 51.0 cm³/mol. The van der Waals surface area contributed by atoms with Crippen molar-refractivity contribution >= 4 is 11.8 Å². The molecule has 3 N–H and O–H groups in total. The Bertz CT molecular complexity index is 344. The summed E-state index contributed by atoms with van der Waals surface area (Å²) in [6.45, 7) is 0.365. The van der Waals surface area contributed by atoms with E-state index < -0.39 is 0 Å². The Morgan fingerprint density at radius 3 is 3.07 bits per heavy atom. The molecule has 2 unspecified atom stereocenters. The van der Waals surface area contributed by atoms with E-state index in [0.29, 0.717) is 12.1 Å². The van der Waals surface area contributed by atoms with Gasteiger partial charge in [-0.2, -0.15) is 0 Å². The normalized spacial score (nSPS) is 30.3. The van der Waals surface area contributed by atoms with Gasteiger partial charge in [-0.15, -0.1) is 0 Å². The van der Waals surface area contributed by atoms with E-state index in [1.54, 1.807) is 6.08 Å². The Labute approximate surface area is 81.8 Å². The zero-order chi connectivity index (χ0) is 10.1. The number of nitrogens with two attached hydrogens (primary N) is 1. The Balaban J connectivity index is 2.30. The summed E-state index contributed by atoms with van der Waals surface area (Å²) in [4.78, 5) is 22.6. The Kier molecular flexibility index (Phi) is 2.11. The van der Waals surface area contributed by atoms with E-state index in [-0.39, 0.29) is 23.7 Å². The minimum atomic E-state index is -0.337. The van der Waals surface area contributed by atoms with Crippen molar-refractivity contribution < 1.29 is 9.59 Å². The van der Waals surface area contributed by atoms with E-state index >= 15 is 0 Å². The second-order valence-corrected chi connectivity index (χ2v) is 3.61. The maximum Gasteiger partial charge on any atom is 0.247 e. The molecule has 2 atom stereocenters. The smallest absolute Gasteiger partial charge is 0.247 e. The number of carbonyl (C=O) groups is 2. The summed E-state index contributed by atoms with van der Waals surface area (Å²) in [6.07, 6.45) is 6.29. The lowest BCUT2D eigenvalue weighted by Crippen LogP contribution is -2.48. The molecule has 2 rings (SSSR count). The highest BCUT2D eigenvalue weighted by molar-refractivity contribution is 5.97. The third kappa shape index (κ3) is 1.32. The number of amides is 2. The molecule has 1 fully saturated rings. The topological polar surface area (TPSA) is 72.2 Å². The lowest BCUT2D eigenvalue weighted by atomic mass is 9.77. The molecule has 1 saturated heterocycles. The fourth-order valence-electron chi connectivity index (χ4n) is 2.02. The third-order valence-corrected chi connectivity index (χ3v) is 2.80. The molecule has 2 amide bonds. The summed E-state index contributed by atoms with van der Waals surface area (Å²) < 4.78 is 0. The summed E-state index contributed by atoms with van der Waals surface area (Å²) in [5, 5.41) is 2.67. The average Bonchev–Trinajstić information content (AvgIpc) is 2.18. The monoisotopic (exact) mass is 192 g/mol. The summed E-state index contributed by atoms with van der Waals surface area (Å²) in [5.41, 5.74) is 5.96. The van der Waals surface area contributed by atoms with Crippen molar-refractivity contribution in [2.75, 3.05) is 6.54 Å². The van der Waals surface area contributed by atoms with Gasteiger partial charge in [-0.05, 0) is 6.42 Å². The van der Waals surface area contributed by atoms with Crippen LogP contribution < -0.4 is 11.1 Å². The second kappa shape index (κ2) is 3.29. The lowest BCUT2D eigenvalue weighted by Gasteiger charge is -2.32. The van der Waals surface area contributed by atoms with Gasteiger partial charge >= 0.3 is 0 Å². The minimum Gasteiger partial charge on any atom is -0.369 e. The largest absolute Gasteiger partial charge is 0.369 e. The molecule has 1 aliphatic heterocycles. The van der Waals surface area contributed by atoms with Crippen molar-refractivity contribution in [1.82, 2.24) is 5.32 Å². The Hall–Kier alpha value is -1.58. The number of piperidine rings is 1. The number of primary amides is 1. The number of allylic oxidation sites excluding steroid dienone is 3. The predicted octanol–water partition coefficient (Wildman–Crippen LogP) is -0.280. The van der Waals surface area contributed by atoms with E-state index in [4.69, 9.17) is 5.73 Å². The van der Waals surface area contributed by atoms with Crippen LogP contribution in [0.1, 0.15) is 6.42 Å². The number of hydrogen-bond acceptors (Lipinski definition) is 2. The second-order valence-electron chi connectivity index (χ2n) is 3.61. The molecule has 0 aromatic rings. The van der Waals surface area contributed by atoms with Gasteiger partial charge in [0.25, 0.3) is 0 Å². The zero-order valence-corrected chi connectivity index (χ0v) is 7.69. The van der Waals surface area contributed by atoms with Gasteiger partial charge in [0.2, 0.25) is 11.8 Å². The molecule has 2 aliphatic rings. The van der Waals surface area contributed by atoms with Crippen molar-refractivity contribution in [3.8, 4) is 0 Å². The van der Waals surface area contributed by atoms with Gasteiger partial charge in [0.05, 0.1) is 5.92 Å². The average molecular weight is 192 g/mol. The fraction of sp³-hybridized carbons (Fsp3) is 0.400. The summed E-state index contributed by atoms with van der Waals surface area (Å²) in [7, 11) is 0. The van der Waals surface area contributed by atoms with Crippen LogP contribution in [0, 0.1) is 11.8 Å². The third-order valence-electron chi connectivity index (χ3n) is 2.80. The molecule has 4 nitrogen and oxygen atoms in total. The first kappa shape index (κ1) is 8.99. The highest BCUT2D eigenvalue weighted by atomic mass is 16.2. The molecule has 1 heterocycles. The van der Waals surface area contributed by atoms with E-state index in [1.165, 1.54) is 0 Å². The molecular weight excluding hydrogens is 180 g/mol. The fourth-order valence-corrected chi connectivity index (χ4v) is 2.02. The SMILES string of the molecule is NC(=O)C1CNC(=O)C2=CC=CCC21. The van der Waals surface area contributed by atoms with Crippen LogP contribution in [-0.4, -0.2) is 18.4 Å². The van der Waals surface area contributed by atoms with Crippen LogP contribution in [0.15, 0.2) is 23.8 Å². The molecule has 0 aromatic heterocycles. The van der Waals surface area contributed by atoms with E-state index in [0.717, 1.165) is 6.42 Å². The van der Waals surface area contributed by atoms with Gasteiger partial charge in [-0.1, -0.05) is 18.2 Å². The van der Waals surface area contributed by atoms with Crippen molar-refractivity contribution in [3.05, 3.63) is 23.8 Å². The molecule has 14 heavy (non-hydrogen) atoms. The highest BCUT2D eigenvalue weighted by Gasteiger charge is 2.36. The van der Waals surface area contributed by atoms with Crippen LogP contribution in [0.5, 0.6) is 0 Å². The van der Waals surface area contributed by atoms with Gasteiger partial charge in [0.15, 0.2) is 0 Å². The molecular formula is C10H12N2O2. The minimum absolute atomic E-state index is 0.0220. The van der Waals surface area contributed by atoms with Crippen LogP contribution in [0.25, 0.3) is 0 Å². The van der Waals surface area contributed by atoms with Gasteiger partial charge in [-0.3, -0.25) is 9.59 Å². The van der Waals surface area contributed by atoms with Gasteiger partial charge in [0, 0.05) is 18.0 Å². The first-order chi connectivity index (χ1) is 6.70. The molecule has 4 heteroatoms. The van der Waals surface area contributed by atoms with Gasteiger partial charge in [0.1, 0.15) is 0 Å². The van der Waals surface area contributed by atoms with E-state index in [9.17, 15) is 9.59 Å². The van der Waals surface area contributed by atoms with Crippen LogP contribution in [0.4, 0.5) is 0 Å². The maximum absolute atomic E-state index is 11.4. The van der Waals surface area contributed by atoms with E-state index in [2.05, 4.69) is 5.32 Å². The number of fused-ring (bicyclic) bond motifs is 1. The van der Waals surface area contributed by atoms with Crippen LogP contribution >= 0.6 is 0 Å². The molecule has 74 valence electrons. The molecule has 0 bridgehead atoms. The number of nitrogens with one attached hydrogen (secondary N) is 1. The first-order valence-electron chi connectivity index (χ1n) is 4.64. The van der Waals surface area contributed by atoms with Crippen LogP contribution in [0.3, 0.4) is 0 Å². The maximum atomic E-state index is 11.4. The summed E-state index contributed by atoms with van der Waals surface area (Å²) >= 11 is 0. The quantitative estimate of drug-likeness (QED) is 0.599. The standard InChI is InChI=1S/C10H12N2O2/c11-9(13)8-5-12-10(14)7-4-2-1-3-6(7)8/h1-2,4,6,8H,3,5H2,(H2,11,13)(H,12,14). The molecule has 0 radical (unpaired) electrons. The number of rotatable bonds is 1. The van der Waals surface area contributed by atoms with E-state index in [1.807, 2.05) is 12.2 Å². The van der Waals surface area contributed by atoms with Crippen LogP contribution in [0.2, 0.25) is 0 Å². The Morgan fingerprint density at radius 1 is 1.57 bits per heavy atom. The molecule has 0 spiro atoms. The molecule has 0 saturated carbocycles. The summed E-state index contributed by atoms with van der Waals surface area (Å²) in [6, 6.07) is 0. The zero-order valence-electron chi connectivity index (χ0n) is 7.69. The van der Waals surface area contributed by atoms with Crippen LogP contribution in [-0.2, 0) is 9.59 Å². The lowest BCUT2D eigenvalue weighted by molar-refractivity contribution is -0.126. The van der Waals surface area contributed by atoms with Gasteiger partial charge < -0.3 is 11.1 Å². The highest BCUT2D eigenvalue weighted by Crippen LogP contribution is 2.30. The first-order valence-corrected chi connectivity index (χ1v) is 4.64. The van der Waals surface area contributed by atoms with Crippen molar-refractivity contribution in [3.63, 3.8) is 0 Å². The Morgan fingerprint density at radius 2 is 2.36 bits per heavy atom. The van der Waals surface area contributed by atoms with Crippen molar-refractivity contribution in [2.24, 2.45) is 17.6 Å². The molecule has 0 aromatic carbocycles. The van der Waals surface area contributed by atoms with Crippen molar-refractivity contribution in [1.29, 1.82) is 0 Å². The number of hydrogen-bond donors (Lipinski definition) is 2.